The summed E-state index contributed by atoms with van der Waals surface area (Å²) in [5.74, 6) is 0.630. The van der Waals surface area contributed by atoms with E-state index in [1.165, 1.54) is 0 Å². The van der Waals surface area contributed by atoms with Gasteiger partial charge in [-0.05, 0) is 12.1 Å². The second kappa shape index (κ2) is 6.23. The van der Waals surface area contributed by atoms with Crippen LogP contribution in [0, 0.1) is 0 Å². The Kier molecular flexibility index (Phi) is 4.77. The fourth-order valence-electron chi connectivity index (χ4n) is 1.67. The van der Waals surface area contributed by atoms with Gasteiger partial charge in [-0.15, -0.1) is 10.2 Å². The Hall–Kier alpha value is -1.28. The first-order valence-corrected chi connectivity index (χ1v) is 7.70. The Morgan fingerprint density at radius 2 is 2.00 bits per heavy atom. The number of hydrogen-bond donors (Lipinski definition) is 1. The fraction of sp³-hybridized carbons (Fsp3) is 0.286. The van der Waals surface area contributed by atoms with Crippen molar-refractivity contribution in [2.45, 2.75) is 26.2 Å². The number of halogens is 2. The number of anilines is 2. The summed E-state index contributed by atoms with van der Waals surface area (Å²) in [5.41, 5.74) is 1.60. The van der Waals surface area contributed by atoms with Crippen LogP contribution >= 0.6 is 34.2 Å². The molecule has 2 aromatic rings. The molecule has 0 aliphatic heterocycles. The third-order valence-electron chi connectivity index (χ3n) is 2.73. The van der Waals surface area contributed by atoms with Crippen LogP contribution in [0.4, 0.5) is 11.5 Å². The van der Waals surface area contributed by atoms with Gasteiger partial charge in [-0.3, -0.25) is 4.79 Å². The van der Waals surface area contributed by atoms with Gasteiger partial charge >= 0.3 is 0 Å². The SMILES string of the molecule is CC(C)(C)c1cccc(Nc2cc(Cl)nnc2C(=O)I)n1. The highest BCUT2D eigenvalue weighted by Crippen LogP contribution is 2.25. The van der Waals surface area contributed by atoms with Gasteiger partial charge in [0.15, 0.2) is 10.8 Å². The van der Waals surface area contributed by atoms with Crippen LogP contribution in [-0.2, 0) is 5.41 Å². The maximum absolute atomic E-state index is 11.6. The molecule has 0 unspecified atom stereocenters. The van der Waals surface area contributed by atoms with Crippen LogP contribution in [0.2, 0.25) is 5.15 Å². The summed E-state index contributed by atoms with van der Waals surface area (Å²) in [6, 6.07) is 7.27. The van der Waals surface area contributed by atoms with Gasteiger partial charge < -0.3 is 5.32 Å². The van der Waals surface area contributed by atoms with Gasteiger partial charge in [0.1, 0.15) is 5.82 Å². The zero-order valence-electron chi connectivity index (χ0n) is 11.8. The van der Waals surface area contributed by atoms with Gasteiger partial charge in [0, 0.05) is 39.8 Å². The van der Waals surface area contributed by atoms with Crippen molar-refractivity contribution in [1.29, 1.82) is 0 Å². The van der Waals surface area contributed by atoms with Gasteiger partial charge in [-0.1, -0.05) is 38.4 Å². The normalized spacial score (nSPS) is 11.3. The largest absolute Gasteiger partial charge is 0.338 e. The predicted molar refractivity (Wildman–Crippen MR) is 91.6 cm³/mol. The lowest BCUT2D eigenvalue weighted by molar-refractivity contribution is 0.110. The molecule has 0 spiro atoms. The highest BCUT2D eigenvalue weighted by atomic mass is 127. The van der Waals surface area contributed by atoms with Crippen molar-refractivity contribution in [2.24, 2.45) is 0 Å². The first-order chi connectivity index (χ1) is 9.77. The molecule has 0 amide bonds. The monoisotopic (exact) mass is 416 g/mol. The third kappa shape index (κ3) is 4.10. The standard InChI is InChI=1S/C14H14ClIN4O/c1-14(2,3)9-5-4-6-11(18-9)17-8-7-10(15)19-20-12(8)13(16)21/h4-7H,1-3H3,(H,17,18,19). The lowest BCUT2D eigenvalue weighted by atomic mass is 9.92. The van der Waals surface area contributed by atoms with Gasteiger partial charge in [-0.2, -0.15) is 0 Å². The van der Waals surface area contributed by atoms with Crippen LogP contribution in [-0.4, -0.2) is 19.0 Å². The molecule has 0 bridgehead atoms. The number of carbonyl (C=O) groups is 1. The van der Waals surface area contributed by atoms with Crippen LogP contribution in [0.15, 0.2) is 24.3 Å². The topological polar surface area (TPSA) is 67.8 Å². The second-order valence-corrected chi connectivity index (χ2v) is 6.85. The molecule has 0 aliphatic rings. The van der Waals surface area contributed by atoms with Crippen molar-refractivity contribution < 1.29 is 4.79 Å². The minimum Gasteiger partial charge on any atom is -0.338 e. The quantitative estimate of drug-likeness (QED) is 0.601. The Morgan fingerprint density at radius 1 is 1.29 bits per heavy atom. The van der Waals surface area contributed by atoms with E-state index in [1.807, 2.05) is 18.2 Å². The summed E-state index contributed by atoms with van der Waals surface area (Å²) < 4.78 is -0.216. The highest BCUT2D eigenvalue weighted by molar-refractivity contribution is 14.1. The van der Waals surface area contributed by atoms with Crippen molar-refractivity contribution in [2.75, 3.05) is 5.32 Å². The molecule has 2 rings (SSSR count). The van der Waals surface area contributed by atoms with E-state index < -0.39 is 0 Å². The summed E-state index contributed by atoms with van der Waals surface area (Å²) in [6.45, 7) is 6.26. The van der Waals surface area contributed by atoms with Crippen LogP contribution in [0.3, 0.4) is 0 Å². The Bertz CT molecular complexity index is 685. The second-order valence-electron chi connectivity index (χ2n) is 5.49. The summed E-state index contributed by atoms with van der Waals surface area (Å²) in [5, 5.41) is 10.8. The fourth-order valence-corrected chi connectivity index (χ4v) is 2.21. The molecule has 5 nitrogen and oxygen atoms in total. The van der Waals surface area contributed by atoms with Gasteiger partial charge in [0.05, 0.1) is 5.69 Å². The molecule has 1 N–H and O–H groups in total. The summed E-state index contributed by atoms with van der Waals surface area (Å²) in [4.78, 5) is 16.1. The van der Waals surface area contributed by atoms with E-state index in [4.69, 9.17) is 11.6 Å². The van der Waals surface area contributed by atoms with Crippen LogP contribution in [0.1, 0.15) is 37.0 Å². The number of nitrogens with zero attached hydrogens (tertiary/aromatic N) is 3. The van der Waals surface area contributed by atoms with E-state index in [2.05, 4.69) is 41.3 Å². The van der Waals surface area contributed by atoms with Crippen molar-refractivity contribution >= 4 is 49.5 Å². The minimum absolute atomic E-state index is 0.0618. The molecular weight excluding hydrogens is 403 g/mol. The molecule has 0 aliphatic carbocycles. The number of carbonyl (C=O) groups excluding carboxylic acids is 1. The molecule has 0 fully saturated rings. The van der Waals surface area contributed by atoms with E-state index in [0.29, 0.717) is 11.5 Å². The van der Waals surface area contributed by atoms with E-state index in [9.17, 15) is 4.79 Å². The Balaban J connectivity index is 2.39. The number of pyridine rings is 1. The Morgan fingerprint density at radius 3 is 2.62 bits per heavy atom. The maximum atomic E-state index is 11.6. The predicted octanol–water partition coefficient (Wildman–Crippen LogP) is 4.14. The molecule has 0 saturated heterocycles. The Labute approximate surface area is 141 Å². The minimum atomic E-state index is -0.216. The average Bonchev–Trinajstić information content (AvgIpc) is 2.37. The first-order valence-electron chi connectivity index (χ1n) is 6.25. The molecule has 0 atom stereocenters. The van der Waals surface area contributed by atoms with Gasteiger partial charge in [0.25, 0.3) is 0 Å². The van der Waals surface area contributed by atoms with E-state index in [-0.39, 0.29) is 20.1 Å². The molecule has 110 valence electrons. The molecule has 2 aromatic heterocycles. The zero-order chi connectivity index (χ0) is 15.6. The third-order valence-corrected chi connectivity index (χ3v) is 3.43. The number of rotatable bonds is 3. The lowest BCUT2D eigenvalue weighted by Gasteiger charge is -2.18. The van der Waals surface area contributed by atoms with Crippen molar-refractivity contribution in [1.82, 2.24) is 15.2 Å². The molecular formula is C14H14ClIN4O. The lowest BCUT2D eigenvalue weighted by Crippen LogP contribution is -2.14. The summed E-state index contributed by atoms with van der Waals surface area (Å²) in [6.07, 6.45) is 0. The highest BCUT2D eigenvalue weighted by Gasteiger charge is 2.17. The van der Waals surface area contributed by atoms with Crippen molar-refractivity contribution in [3.05, 3.63) is 40.8 Å². The van der Waals surface area contributed by atoms with Gasteiger partial charge in [0.2, 0.25) is 3.79 Å². The van der Waals surface area contributed by atoms with Crippen LogP contribution < -0.4 is 5.32 Å². The summed E-state index contributed by atoms with van der Waals surface area (Å²) in [7, 11) is 0. The van der Waals surface area contributed by atoms with Crippen LogP contribution in [0.25, 0.3) is 0 Å². The van der Waals surface area contributed by atoms with E-state index >= 15 is 0 Å². The molecule has 0 radical (unpaired) electrons. The number of nitrogens with one attached hydrogen (secondary N) is 1. The molecule has 7 heteroatoms. The van der Waals surface area contributed by atoms with Crippen molar-refractivity contribution in [3.63, 3.8) is 0 Å². The summed E-state index contributed by atoms with van der Waals surface area (Å²) >= 11 is 7.51. The first kappa shape index (κ1) is 16.1. The maximum Gasteiger partial charge on any atom is 0.244 e. The van der Waals surface area contributed by atoms with E-state index in [0.717, 1.165) is 5.69 Å². The molecule has 0 saturated carbocycles. The number of hydrogen-bond acceptors (Lipinski definition) is 5. The molecule has 2 heterocycles. The van der Waals surface area contributed by atoms with Crippen molar-refractivity contribution in [3.8, 4) is 0 Å². The molecule has 0 aromatic carbocycles. The smallest absolute Gasteiger partial charge is 0.244 e. The average molecular weight is 417 g/mol. The van der Waals surface area contributed by atoms with E-state index in [1.54, 1.807) is 28.7 Å². The molecule has 21 heavy (non-hydrogen) atoms. The number of aromatic nitrogens is 3. The van der Waals surface area contributed by atoms with Crippen LogP contribution in [0.5, 0.6) is 0 Å². The zero-order valence-corrected chi connectivity index (χ0v) is 14.7. The van der Waals surface area contributed by atoms with Gasteiger partial charge in [-0.25, -0.2) is 4.98 Å².